The zero-order valence-corrected chi connectivity index (χ0v) is 15.6. The summed E-state index contributed by atoms with van der Waals surface area (Å²) >= 11 is 6.77. The molecule has 4 nitrogen and oxygen atoms in total. The summed E-state index contributed by atoms with van der Waals surface area (Å²) in [6, 6.07) is 13.8. The molecular formula is C17H15Br2NO3. The van der Waals surface area contributed by atoms with Gasteiger partial charge in [-0.1, -0.05) is 56.1 Å². The van der Waals surface area contributed by atoms with Crippen LogP contribution >= 0.6 is 31.9 Å². The van der Waals surface area contributed by atoms with E-state index in [2.05, 4.69) is 37.2 Å². The number of amides is 1. The fourth-order valence-electron chi connectivity index (χ4n) is 2.09. The Morgan fingerprint density at radius 2 is 1.87 bits per heavy atom. The first-order valence-corrected chi connectivity index (χ1v) is 8.47. The Bertz CT molecular complexity index is 718. The third kappa shape index (κ3) is 4.91. The average Bonchev–Trinajstić information content (AvgIpc) is 2.55. The van der Waals surface area contributed by atoms with E-state index in [4.69, 9.17) is 4.74 Å². The minimum atomic E-state index is -0.759. The second kappa shape index (κ2) is 8.26. The summed E-state index contributed by atoms with van der Waals surface area (Å²) in [6.07, 6.45) is 0.341. The summed E-state index contributed by atoms with van der Waals surface area (Å²) in [5.41, 5.74) is 1.39. The fraction of sp³-hybridized carbons (Fsp3) is 0.176. The maximum absolute atomic E-state index is 12.4. The third-order valence-corrected chi connectivity index (χ3v) is 4.53. The Morgan fingerprint density at radius 1 is 1.13 bits per heavy atom. The van der Waals surface area contributed by atoms with Crippen LogP contribution in [0.3, 0.4) is 0 Å². The van der Waals surface area contributed by atoms with Crippen molar-refractivity contribution in [3.8, 4) is 0 Å². The minimum Gasteiger partial charge on any atom is -0.467 e. The maximum Gasteiger partial charge on any atom is 0.328 e. The lowest BCUT2D eigenvalue weighted by atomic mass is 10.1. The smallest absolute Gasteiger partial charge is 0.328 e. The van der Waals surface area contributed by atoms with Gasteiger partial charge in [-0.25, -0.2) is 4.79 Å². The Hall–Kier alpha value is -1.66. The van der Waals surface area contributed by atoms with Crippen LogP contribution in [0.4, 0.5) is 0 Å². The molecule has 23 heavy (non-hydrogen) atoms. The molecule has 0 aliphatic carbocycles. The second-order valence-corrected chi connectivity index (χ2v) is 6.63. The first-order valence-electron chi connectivity index (χ1n) is 6.89. The van der Waals surface area contributed by atoms with Gasteiger partial charge in [0.25, 0.3) is 5.91 Å². The van der Waals surface area contributed by atoms with Crippen LogP contribution in [0.5, 0.6) is 0 Å². The highest BCUT2D eigenvalue weighted by Crippen LogP contribution is 2.18. The fourth-order valence-corrected chi connectivity index (χ4v) is 2.94. The van der Waals surface area contributed by atoms with Gasteiger partial charge in [-0.3, -0.25) is 4.79 Å². The molecule has 2 aromatic carbocycles. The molecule has 0 aliphatic rings. The van der Waals surface area contributed by atoms with Crippen molar-refractivity contribution in [3.05, 3.63) is 68.6 Å². The number of benzene rings is 2. The molecule has 0 radical (unpaired) electrons. The van der Waals surface area contributed by atoms with Gasteiger partial charge in [0.1, 0.15) is 6.04 Å². The normalized spacial score (nSPS) is 11.6. The molecule has 0 saturated heterocycles. The Labute approximate surface area is 151 Å². The van der Waals surface area contributed by atoms with Gasteiger partial charge in [0.2, 0.25) is 0 Å². The van der Waals surface area contributed by atoms with Gasteiger partial charge in [0.05, 0.1) is 7.11 Å². The molecule has 2 aromatic rings. The van der Waals surface area contributed by atoms with E-state index in [1.807, 2.05) is 30.3 Å². The van der Waals surface area contributed by atoms with Crippen LogP contribution in [0.25, 0.3) is 0 Å². The quantitative estimate of drug-likeness (QED) is 0.720. The van der Waals surface area contributed by atoms with Crippen LogP contribution < -0.4 is 5.32 Å². The average molecular weight is 441 g/mol. The molecule has 0 spiro atoms. The number of halogens is 2. The Balaban J connectivity index is 2.17. The molecular weight excluding hydrogens is 426 g/mol. The molecule has 0 bridgehead atoms. The van der Waals surface area contributed by atoms with Crippen LogP contribution in [0.1, 0.15) is 15.9 Å². The zero-order chi connectivity index (χ0) is 16.8. The van der Waals surface area contributed by atoms with Gasteiger partial charge in [0.15, 0.2) is 0 Å². The van der Waals surface area contributed by atoms with Crippen molar-refractivity contribution in [2.75, 3.05) is 7.11 Å². The molecule has 0 aliphatic heterocycles. The van der Waals surface area contributed by atoms with Gasteiger partial charge >= 0.3 is 5.97 Å². The molecule has 0 aromatic heterocycles. The Kier molecular flexibility index (Phi) is 6.36. The van der Waals surface area contributed by atoms with Gasteiger partial charge < -0.3 is 10.1 Å². The molecule has 0 unspecified atom stereocenters. The van der Waals surface area contributed by atoms with Crippen molar-refractivity contribution in [3.63, 3.8) is 0 Å². The monoisotopic (exact) mass is 439 g/mol. The van der Waals surface area contributed by atoms with Crippen molar-refractivity contribution in [2.24, 2.45) is 0 Å². The van der Waals surface area contributed by atoms with Crippen molar-refractivity contribution in [2.45, 2.75) is 12.5 Å². The molecule has 0 heterocycles. The number of nitrogens with one attached hydrogen (secondary N) is 1. The first-order chi connectivity index (χ1) is 11.0. The number of carbonyl (C=O) groups is 2. The van der Waals surface area contributed by atoms with Crippen LogP contribution in [-0.2, 0) is 16.0 Å². The standard InChI is InChI=1S/C17H15Br2NO3/c1-23-17(22)15(10-11-5-2-3-8-14(11)19)20-16(21)12-6-4-7-13(18)9-12/h2-9,15H,10H2,1H3,(H,20,21)/t15-/m1/s1. The summed E-state index contributed by atoms with van der Waals surface area (Å²) in [5.74, 6) is -0.808. The van der Waals surface area contributed by atoms with Crippen LogP contribution in [-0.4, -0.2) is 25.0 Å². The van der Waals surface area contributed by atoms with E-state index < -0.39 is 12.0 Å². The van der Waals surface area contributed by atoms with Gasteiger partial charge in [0, 0.05) is 20.9 Å². The summed E-state index contributed by atoms with van der Waals surface area (Å²) in [4.78, 5) is 24.4. The molecule has 1 N–H and O–H groups in total. The van der Waals surface area contributed by atoms with Crippen molar-refractivity contribution in [1.29, 1.82) is 0 Å². The summed E-state index contributed by atoms with van der Waals surface area (Å²) < 4.78 is 6.48. The highest BCUT2D eigenvalue weighted by Gasteiger charge is 2.23. The summed E-state index contributed by atoms with van der Waals surface area (Å²) in [5, 5.41) is 2.73. The SMILES string of the molecule is COC(=O)[C@@H](Cc1ccccc1Br)NC(=O)c1cccc(Br)c1. The number of hydrogen-bond donors (Lipinski definition) is 1. The van der Waals surface area contributed by atoms with E-state index >= 15 is 0 Å². The topological polar surface area (TPSA) is 55.4 Å². The van der Waals surface area contributed by atoms with Crippen molar-refractivity contribution >= 4 is 43.7 Å². The summed E-state index contributed by atoms with van der Waals surface area (Å²) in [7, 11) is 1.31. The largest absolute Gasteiger partial charge is 0.467 e. The second-order valence-electron chi connectivity index (χ2n) is 4.86. The van der Waals surface area contributed by atoms with Crippen molar-refractivity contribution in [1.82, 2.24) is 5.32 Å². The molecule has 6 heteroatoms. The van der Waals surface area contributed by atoms with E-state index in [1.54, 1.807) is 18.2 Å². The third-order valence-electron chi connectivity index (χ3n) is 3.26. The molecule has 120 valence electrons. The molecule has 1 amide bonds. The number of esters is 1. The van der Waals surface area contributed by atoms with Crippen LogP contribution in [0.2, 0.25) is 0 Å². The summed E-state index contributed by atoms with van der Waals surface area (Å²) in [6.45, 7) is 0. The van der Waals surface area contributed by atoms with E-state index in [-0.39, 0.29) is 5.91 Å². The molecule has 1 atom stereocenters. The van der Waals surface area contributed by atoms with E-state index in [0.717, 1.165) is 14.5 Å². The molecule has 2 rings (SSSR count). The molecule has 0 saturated carbocycles. The minimum absolute atomic E-state index is 0.325. The predicted octanol–water partition coefficient (Wildman–Crippen LogP) is 3.73. The van der Waals surface area contributed by atoms with E-state index in [0.29, 0.717) is 12.0 Å². The lowest BCUT2D eigenvalue weighted by molar-refractivity contribution is -0.142. The van der Waals surface area contributed by atoms with Gasteiger partial charge in [-0.15, -0.1) is 0 Å². The number of ether oxygens (including phenoxy) is 1. The van der Waals surface area contributed by atoms with Crippen LogP contribution in [0.15, 0.2) is 57.5 Å². The maximum atomic E-state index is 12.4. The van der Waals surface area contributed by atoms with E-state index in [1.165, 1.54) is 7.11 Å². The number of hydrogen-bond acceptors (Lipinski definition) is 3. The van der Waals surface area contributed by atoms with E-state index in [9.17, 15) is 9.59 Å². The zero-order valence-electron chi connectivity index (χ0n) is 12.4. The predicted molar refractivity (Wildman–Crippen MR) is 95.3 cm³/mol. The van der Waals surface area contributed by atoms with Crippen LogP contribution in [0, 0.1) is 0 Å². The number of methoxy groups -OCH3 is 1. The van der Waals surface area contributed by atoms with Gasteiger partial charge in [-0.05, 0) is 29.8 Å². The Morgan fingerprint density at radius 3 is 2.52 bits per heavy atom. The highest BCUT2D eigenvalue weighted by molar-refractivity contribution is 9.10. The number of carbonyl (C=O) groups excluding carboxylic acids is 2. The highest BCUT2D eigenvalue weighted by atomic mass is 79.9. The number of rotatable bonds is 5. The lowest BCUT2D eigenvalue weighted by Crippen LogP contribution is -2.43. The van der Waals surface area contributed by atoms with Gasteiger partial charge in [-0.2, -0.15) is 0 Å². The lowest BCUT2D eigenvalue weighted by Gasteiger charge is -2.17. The molecule has 0 fully saturated rings. The van der Waals surface area contributed by atoms with Crippen molar-refractivity contribution < 1.29 is 14.3 Å². The first kappa shape index (κ1) is 17.7.